The van der Waals surface area contributed by atoms with Crippen LogP contribution in [0.4, 0.5) is 0 Å². The highest BCUT2D eigenvalue weighted by Gasteiger charge is 2.56. The van der Waals surface area contributed by atoms with Gasteiger partial charge in [-0.3, -0.25) is 0 Å². The molecule has 4 atom stereocenters. The number of aromatic hydroxyl groups is 1. The van der Waals surface area contributed by atoms with Crippen LogP contribution < -0.4 is 9.05 Å². The van der Waals surface area contributed by atoms with Crippen molar-refractivity contribution in [2.45, 2.75) is 37.5 Å². The molecule has 2 saturated heterocycles. The quantitative estimate of drug-likeness (QED) is 0.793. The summed E-state index contributed by atoms with van der Waals surface area (Å²) in [5, 5.41) is 19.6. The second-order valence-corrected chi connectivity index (χ2v) is 8.20. The van der Waals surface area contributed by atoms with Gasteiger partial charge >= 0.3 is 7.75 Å². The van der Waals surface area contributed by atoms with E-state index >= 15 is 0 Å². The van der Waals surface area contributed by atoms with Crippen LogP contribution in [0.2, 0.25) is 0 Å². The maximum Gasteiger partial charge on any atom is 0.516 e. The Morgan fingerprint density at radius 2 is 1.60 bits per heavy atom. The van der Waals surface area contributed by atoms with E-state index in [1.165, 1.54) is 12.1 Å². The number of fused-ring (bicyclic) bond motifs is 2. The molecule has 2 heterocycles. The zero-order valence-corrected chi connectivity index (χ0v) is 14.5. The van der Waals surface area contributed by atoms with E-state index in [9.17, 15) is 14.8 Å². The summed E-state index contributed by atoms with van der Waals surface area (Å²) in [6.45, 7) is 0. The summed E-state index contributed by atoms with van der Waals surface area (Å²) < 4.78 is 27.1. The molecule has 2 bridgehead atoms. The van der Waals surface area contributed by atoms with Gasteiger partial charge in [0.15, 0.2) is 0 Å². The Labute approximate surface area is 146 Å². The van der Waals surface area contributed by atoms with Gasteiger partial charge in [0.25, 0.3) is 0 Å². The van der Waals surface area contributed by atoms with Gasteiger partial charge in [-0.15, -0.1) is 0 Å². The Morgan fingerprint density at radius 1 is 0.960 bits per heavy atom. The Kier molecular flexibility index (Phi) is 4.20. The van der Waals surface area contributed by atoms with Crippen LogP contribution in [0, 0.1) is 0 Å². The first-order valence-corrected chi connectivity index (χ1v) is 9.85. The van der Waals surface area contributed by atoms with Gasteiger partial charge in [0.2, 0.25) is 0 Å². The largest absolute Gasteiger partial charge is 0.516 e. The molecule has 2 aromatic rings. The third-order valence-corrected chi connectivity index (χ3v) is 6.84. The standard InChI is InChI=1S/C18H20NO5P/c20-14-7-9-16(10-8-14)24-25(22,23-15-4-2-1-3-5-15)19-13-6-11-17(19)18(21)12-13/h1-5,7-10,13,17-18,20-21H,6,11-12H2/t13-,17+,18+,25?/m1/s1. The zero-order valence-electron chi connectivity index (χ0n) is 13.6. The van der Waals surface area contributed by atoms with Crippen molar-refractivity contribution < 1.29 is 23.8 Å². The lowest BCUT2D eigenvalue weighted by Gasteiger charge is -2.30. The number of rotatable bonds is 5. The molecule has 6 nitrogen and oxygen atoms in total. The van der Waals surface area contributed by atoms with Gasteiger partial charge in [-0.1, -0.05) is 18.2 Å². The SMILES string of the molecule is O=P(Oc1ccccc1)(Oc1ccc(O)cc1)N1[C@@H]2CC[C@H]1[C@@H](O)C2. The van der Waals surface area contributed by atoms with Gasteiger partial charge in [0.05, 0.1) is 6.10 Å². The Hall–Kier alpha value is -2.01. The van der Waals surface area contributed by atoms with Gasteiger partial charge in [-0.2, -0.15) is 4.67 Å². The van der Waals surface area contributed by atoms with Gasteiger partial charge in [0.1, 0.15) is 17.2 Å². The van der Waals surface area contributed by atoms with Crippen molar-refractivity contribution in [3.63, 3.8) is 0 Å². The first-order valence-electron chi connectivity index (χ1n) is 8.35. The van der Waals surface area contributed by atoms with Crippen LogP contribution in [-0.2, 0) is 4.57 Å². The number of hydrogen-bond donors (Lipinski definition) is 2. The first-order chi connectivity index (χ1) is 12.0. The Morgan fingerprint density at radius 3 is 2.16 bits per heavy atom. The molecule has 2 fully saturated rings. The van der Waals surface area contributed by atoms with E-state index in [0.717, 1.165) is 12.8 Å². The fourth-order valence-electron chi connectivity index (χ4n) is 3.68. The molecule has 25 heavy (non-hydrogen) atoms. The molecule has 2 aliphatic rings. The molecule has 0 saturated carbocycles. The topological polar surface area (TPSA) is 79.2 Å². The van der Waals surface area contributed by atoms with E-state index in [-0.39, 0.29) is 17.8 Å². The van der Waals surface area contributed by atoms with Crippen molar-refractivity contribution in [2.24, 2.45) is 0 Å². The van der Waals surface area contributed by atoms with Crippen LogP contribution in [0.15, 0.2) is 54.6 Å². The molecular weight excluding hydrogens is 341 g/mol. The molecule has 2 aromatic carbocycles. The van der Waals surface area contributed by atoms with E-state index < -0.39 is 13.9 Å². The molecule has 2 aliphatic heterocycles. The first kappa shape index (κ1) is 16.5. The summed E-state index contributed by atoms with van der Waals surface area (Å²) >= 11 is 0. The minimum absolute atomic E-state index is 0.0216. The second-order valence-electron chi connectivity index (χ2n) is 6.44. The highest BCUT2D eigenvalue weighted by molar-refractivity contribution is 7.52. The van der Waals surface area contributed by atoms with E-state index in [2.05, 4.69) is 0 Å². The highest BCUT2D eigenvalue weighted by atomic mass is 31.2. The van der Waals surface area contributed by atoms with Crippen molar-refractivity contribution in [2.75, 3.05) is 0 Å². The van der Waals surface area contributed by atoms with Crippen molar-refractivity contribution in [1.82, 2.24) is 4.67 Å². The number of para-hydroxylation sites is 1. The normalized spacial score (nSPS) is 27.8. The van der Waals surface area contributed by atoms with Crippen LogP contribution in [-0.4, -0.2) is 33.1 Å². The minimum atomic E-state index is -3.72. The lowest BCUT2D eigenvalue weighted by atomic mass is 9.98. The molecule has 0 aromatic heterocycles. The van der Waals surface area contributed by atoms with Crippen molar-refractivity contribution in [3.05, 3.63) is 54.6 Å². The fourth-order valence-corrected chi connectivity index (χ4v) is 5.92. The minimum Gasteiger partial charge on any atom is -0.508 e. The number of phenols is 1. The average molecular weight is 361 g/mol. The van der Waals surface area contributed by atoms with Crippen LogP contribution in [0.25, 0.3) is 0 Å². The zero-order chi connectivity index (χ0) is 17.4. The summed E-state index contributed by atoms with van der Waals surface area (Å²) in [4.78, 5) is 0. The smallest absolute Gasteiger partial charge is 0.508 e. The number of nitrogens with zero attached hydrogens (tertiary/aromatic N) is 1. The van der Waals surface area contributed by atoms with Gasteiger partial charge in [0, 0.05) is 12.1 Å². The average Bonchev–Trinajstić information content (AvgIpc) is 3.15. The number of aliphatic hydroxyl groups is 1. The van der Waals surface area contributed by atoms with E-state index in [4.69, 9.17) is 9.05 Å². The van der Waals surface area contributed by atoms with E-state index in [1.807, 2.05) is 6.07 Å². The Balaban J connectivity index is 1.67. The Bertz CT molecular complexity index is 782. The molecule has 4 rings (SSSR count). The predicted molar refractivity (Wildman–Crippen MR) is 92.7 cm³/mol. The van der Waals surface area contributed by atoms with Crippen LogP contribution >= 0.6 is 7.75 Å². The third-order valence-electron chi connectivity index (χ3n) is 4.77. The summed E-state index contributed by atoms with van der Waals surface area (Å²) in [6, 6.07) is 14.7. The lowest BCUT2D eigenvalue weighted by molar-refractivity contribution is 0.132. The molecular formula is C18H20NO5P. The van der Waals surface area contributed by atoms with Crippen molar-refractivity contribution in [3.8, 4) is 17.2 Å². The third kappa shape index (κ3) is 3.13. The van der Waals surface area contributed by atoms with Crippen molar-refractivity contribution in [1.29, 1.82) is 0 Å². The number of benzene rings is 2. The van der Waals surface area contributed by atoms with Gasteiger partial charge in [-0.05, 0) is 55.7 Å². The summed E-state index contributed by atoms with van der Waals surface area (Å²) in [5.74, 6) is 0.895. The molecule has 0 radical (unpaired) electrons. The van der Waals surface area contributed by atoms with E-state index in [1.54, 1.807) is 41.1 Å². The predicted octanol–water partition coefficient (Wildman–Crippen LogP) is 3.56. The fraction of sp³-hybridized carbons (Fsp3) is 0.333. The summed E-state index contributed by atoms with van der Waals surface area (Å²) in [5.41, 5.74) is 0. The number of phenolic OH excluding ortho intramolecular Hbond substituents is 1. The summed E-state index contributed by atoms with van der Waals surface area (Å²) in [6.07, 6.45) is 1.69. The van der Waals surface area contributed by atoms with Gasteiger partial charge < -0.3 is 19.3 Å². The van der Waals surface area contributed by atoms with Crippen LogP contribution in [0.3, 0.4) is 0 Å². The molecule has 7 heteroatoms. The molecule has 1 unspecified atom stereocenters. The second kappa shape index (κ2) is 6.37. The molecule has 0 aliphatic carbocycles. The molecule has 2 N–H and O–H groups in total. The summed E-state index contributed by atoms with van der Waals surface area (Å²) in [7, 11) is -3.72. The van der Waals surface area contributed by atoms with Crippen LogP contribution in [0.1, 0.15) is 19.3 Å². The maximum atomic E-state index is 13.8. The van der Waals surface area contributed by atoms with Crippen molar-refractivity contribution >= 4 is 7.75 Å². The molecule has 132 valence electrons. The molecule has 0 spiro atoms. The van der Waals surface area contributed by atoms with Gasteiger partial charge in [-0.25, -0.2) is 4.57 Å². The highest BCUT2D eigenvalue weighted by Crippen LogP contribution is 2.60. The molecule has 0 amide bonds. The van der Waals surface area contributed by atoms with E-state index in [0.29, 0.717) is 17.9 Å². The van der Waals surface area contributed by atoms with Crippen LogP contribution in [0.5, 0.6) is 17.2 Å². The maximum absolute atomic E-state index is 13.8. The monoisotopic (exact) mass is 361 g/mol. The number of hydrogen-bond acceptors (Lipinski definition) is 5. The number of aliphatic hydroxyl groups excluding tert-OH is 1. The lowest BCUT2D eigenvalue weighted by Crippen LogP contribution is -2.33.